The van der Waals surface area contributed by atoms with Crippen LogP contribution in [-0.2, 0) is 0 Å². The zero-order valence-electron chi connectivity index (χ0n) is 14.9. The first-order chi connectivity index (χ1) is 13.8. The molecule has 0 radical (unpaired) electrons. The van der Waals surface area contributed by atoms with E-state index < -0.39 is 0 Å². The van der Waals surface area contributed by atoms with Crippen LogP contribution in [-0.4, -0.2) is 45.1 Å². The Bertz CT molecular complexity index is 1140. The van der Waals surface area contributed by atoms with Crippen molar-refractivity contribution in [2.24, 2.45) is 0 Å². The van der Waals surface area contributed by atoms with Crippen LogP contribution in [0.25, 0.3) is 22.2 Å². The third kappa shape index (κ3) is 3.07. The number of rotatable bonds is 4. The molecule has 4 heterocycles. The smallest absolute Gasteiger partial charge is 0.276 e. The predicted molar refractivity (Wildman–Crippen MR) is 102 cm³/mol. The molecule has 1 amide bonds. The molecule has 138 valence electrons. The zero-order valence-corrected chi connectivity index (χ0v) is 14.9. The van der Waals surface area contributed by atoms with Crippen LogP contribution in [0.3, 0.4) is 0 Å². The van der Waals surface area contributed by atoms with Crippen LogP contribution < -0.4 is 4.74 Å². The molecule has 5 rings (SSSR count). The predicted octanol–water partition coefficient (Wildman–Crippen LogP) is 3.19. The summed E-state index contributed by atoms with van der Waals surface area (Å²) < 4.78 is 11.2. The van der Waals surface area contributed by atoms with E-state index in [2.05, 4.69) is 15.1 Å². The second-order valence-electron chi connectivity index (χ2n) is 6.61. The monoisotopic (exact) mass is 372 g/mol. The summed E-state index contributed by atoms with van der Waals surface area (Å²) >= 11 is 0. The molecule has 0 N–H and O–H groups in total. The number of carbonyl (C=O) groups excluding carboxylic acids is 1. The van der Waals surface area contributed by atoms with Crippen LogP contribution in [0.15, 0.2) is 71.5 Å². The van der Waals surface area contributed by atoms with Gasteiger partial charge < -0.3 is 14.2 Å². The lowest BCUT2D eigenvalue weighted by molar-refractivity contribution is 0.0154. The molecular formula is C21H16N4O3. The number of aromatic nitrogens is 3. The number of fused-ring (bicyclic) bond motifs is 1. The highest BCUT2D eigenvalue weighted by Gasteiger charge is 2.34. The Morgan fingerprint density at radius 3 is 2.86 bits per heavy atom. The standard InChI is InChI=1S/C21H16N4O3/c26-21(18-10-19(28-24-18)15-5-3-9-22-11-15)25-12-16(13-25)27-20-8-7-14-4-1-2-6-17(14)23-20/h1-11,16H,12-13H2. The van der Waals surface area contributed by atoms with Gasteiger partial charge in [-0.05, 0) is 24.3 Å². The Morgan fingerprint density at radius 2 is 2.00 bits per heavy atom. The van der Waals surface area contributed by atoms with Crippen LogP contribution in [0.5, 0.6) is 5.88 Å². The van der Waals surface area contributed by atoms with Crippen molar-refractivity contribution in [2.45, 2.75) is 6.10 Å². The third-order valence-corrected chi connectivity index (χ3v) is 4.67. The largest absolute Gasteiger partial charge is 0.471 e. The summed E-state index contributed by atoms with van der Waals surface area (Å²) in [5.41, 5.74) is 1.94. The Morgan fingerprint density at radius 1 is 1.11 bits per heavy atom. The second-order valence-corrected chi connectivity index (χ2v) is 6.61. The van der Waals surface area contributed by atoms with E-state index in [1.807, 2.05) is 42.5 Å². The summed E-state index contributed by atoms with van der Waals surface area (Å²) in [6.07, 6.45) is 3.26. The molecule has 7 nitrogen and oxygen atoms in total. The minimum Gasteiger partial charge on any atom is -0.471 e. The van der Waals surface area contributed by atoms with Crippen LogP contribution >= 0.6 is 0 Å². The van der Waals surface area contributed by atoms with E-state index in [9.17, 15) is 4.79 Å². The van der Waals surface area contributed by atoms with Gasteiger partial charge in [-0.1, -0.05) is 23.4 Å². The maximum Gasteiger partial charge on any atom is 0.276 e. The summed E-state index contributed by atoms with van der Waals surface area (Å²) in [5, 5.41) is 4.96. The van der Waals surface area contributed by atoms with Crippen molar-refractivity contribution in [3.8, 4) is 17.2 Å². The topological polar surface area (TPSA) is 81.4 Å². The van der Waals surface area contributed by atoms with E-state index in [-0.39, 0.29) is 17.7 Å². The Labute approximate surface area is 160 Å². The van der Waals surface area contributed by atoms with Gasteiger partial charge in [-0.3, -0.25) is 9.78 Å². The normalized spacial score (nSPS) is 14.1. The van der Waals surface area contributed by atoms with Crippen molar-refractivity contribution in [2.75, 3.05) is 13.1 Å². The fourth-order valence-corrected chi connectivity index (χ4v) is 3.14. The highest BCUT2D eigenvalue weighted by molar-refractivity contribution is 5.93. The van der Waals surface area contributed by atoms with E-state index in [1.54, 1.807) is 29.4 Å². The van der Waals surface area contributed by atoms with Crippen molar-refractivity contribution in [3.63, 3.8) is 0 Å². The highest BCUT2D eigenvalue weighted by atomic mass is 16.5. The molecule has 1 saturated heterocycles. The number of likely N-dealkylation sites (tertiary alicyclic amines) is 1. The summed E-state index contributed by atoms with van der Waals surface area (Å²) in [4.78, 5) is 22.8. The molecule has 4 aromatic rings. The van der Waals surface area contributed by atoms with Gasteiger partial charge in [0.05, 0.1) is 18.6 Å². The maximum atomic E-state index is 12.6. The molecule has 0 atom stereocenters. The molecule has 0 unspecified atom stereocenters. The molecule has 1 fully saturated rings. The van der Waals surface area contributed by atoms with Crippen LogP contribution in [0, 0.1) is 0 Å². The lowest BCUT2D eigenvalue weighted by Crippen LogP contribution is -2.56. The first kappa shape index (κ1) is 16.4. The van der Waals surface area contributed by atoms with Gasteiger partial charge in [0, 0.05) is 35.5 Å². The summed E-state index contributed by atoms with van der Waals surface area (Å²) in [7, 11) is 0. The Kier molecular flexibility index (Phi) is 3.97. The van der Waals surface area contributed by atoms with Crippen LogP contribution in [0.4, 0.5) is 0 Å². The maximum absolute atomic E-state index is 12.6. The van der Waals surface area contributed by atoms with Gasteiger partial charge in [0.25, 0.3) is 5.91 Å². The SMILES string of the molecule is O=C(c1cc(-c2cccnc2)on1)N1CC(Oc2ccc3ccccc3n2)C1. The number of nitrogens with zero attached hydrogens (tertiary/aromatic N) is 4. The Balaban J connectivity index is 1.22. The highest BCUT2D eigenvalue weighted by Crippen LogP contribution is 2.23. The second kappa shape index (κ2) is 6.77. The van der Waals surface area contributed by atoms with Gasteiger partial charge in [0.2, 0.25) is 5.88 Å². The number of pyridine rings is 2. The molecule has 0 saturated carbocycles. The van der Waals surface area contributed by atoms with Crippen LogP contribution in [0.1, 0.15) is 10.5 Å². The van der Waals surface area contributed by atoms with Gasteiger partial charge in [0.1, 0.15) is 6.10 Å². The van der Waals surface area contributed by atoms with E-state index in [0.717, 1.165) is 16.5 Å². The number of amides is 1. The summed E-state index contributed by atoms with van der Waals surface area (Å²) in [5.74, 6) is 0.909. The van der Waals surface area contributed by atoms with Gasteiger partial charge in [-0.25, -0.2) is 4.98 Å². The van der Waals surface area contributed by atoms with Crippen LogP contribution in [0.2, 0.25) is 0 Å². The number of benzene rings is 1. The lowest BCUT2D eigenvalue weighted by atomic mass is 10.1. The molecule has 28 heavy (non-hydrogen) atoms. The molecule has 0 bridgehead atoms. The molecule has 1 aliphatic rings. The van der Waals surface area contributed by atoms with Gasteiger partial charge in [0.15, 0.2) is 11.5 Å². The average molecular weight is 372 g/mol. The molecular weight excluding hydrogens is 356 g/mol. The fraction of sp³-hybridized carbons (Fsp3) is 0.143. The van der Waals surface area contributed by atoms with E-state index in [0.29, 0.717) is 24.7 Å². The number of ether oxygens (including phenoxy) is 1. The lowest BCUT2D eigenvalue weighted by Gasteiger charge is -2.38. The quantitative estimate of drug-likeness (QED) is 0.547. The van der Waals surface area contributed by atoms with E-state index >= 15 is 0 Å². The van der Waals surface area contributed by atoms with Crippen molar-refractivity contribution >= 4 is 16.8 Å². The molecule has 3 aromatic heterocycles. The number of carbonyl (C=O) groups is 1. The van der Waals surface area contributed by atoms with E-state index in [4.69, 9.17) is 9.26 Å². The molecule has 0 aliphatic carbocycles. The summed E-state index contributed by atoms with van der Waals surface area (Å²) in [6, 6.07) is 17.0. The number of hydrogen-bond donors (Lipinski definition) is 0. The minimum absolute atomic E-state index is 0.0812. The number of hydrogen-bond acceptors (Lipinski definition) is 6. The van der Waals surface area contributed by atoms with Gasteiger partial charge in [-0.15, -0.1) is 0 Å². The number of para-hydroxylation sites is 1. The first-order valence-electron chi connectivity index (χ1n) is 8.95. The van der Waals surface area contributed by atoms with Crippen molar-refractivity contribution in [1.82, 2.24) is 20.0 Å². The van der Waals surface area contributed by atoms with Crippen molar-refractivity contribution in [1.29, 1.82) is 0 Å². The summed E-state index contributed by atoms with van der Waals surface area (Å²) in [6.45, 7) is 0.977. The zero-order chi connectivity index (χ0) is 18.9. The van der Waals surface area contributed by atoms with Gasteiger partial charge in [-0.2, -0.15) is 0 Å². The Hall–Kier alpha value is -3.74. The van der Waals surface area contributed by atoms with Crippen molar-refractivity contribution in [3.05, 3.63) is 72.7 Å². The molecule has 1 aromatic carbocycles. The minimum atomic E-state index is -0.176. The van der Waals surface area contributed by atoms with Crippen molar-refractivity contribution < 1.29 is 14.1 Å². The first-order valence-corrected chi connectivity index (χ1v) is 8.95. The molecule has 1 aliphatic heterocycles. The average Bonchev–Trinajstić information content (AvgIpc) is 3.21. The third-order valence-electron chi connectivity index (χ3n) is 4.67. The molecule has 7 heteroatoms. The van der Waals surface area contributed by atoms with Gasteiger partial charge >= 0.3 is 0 Å². The molecule has 0 spiro atoms. The van der Waals surface area contributed by atoms with E-state index in [1.165, 1.54) is 0 Å². The fourth-order valence-electron chi connectivity index (χ4n) is 3.14.